The van der Waals surface area contributed by atoms with Gasteiger partial charge in [-0.2, -0.15) is 0 Å². The lowest BCUT2D eigenvalue weighted by atomic mass is 10.3. The fourth-order valence-electron chi connectivity index (χ4n) is 1.50. The monoisotopic (exact) mass is 329 g/mol. The standard InChI is InChI=1S/C13H16BrNO4/c14-10-5-11(17-3-4-18-13(15)16)7-12(6-10)19-8-9-1-2-9/h5-7,9H,1-4,8H2,(H2,15,16). The number of benzene rings is 1. The Hall–Kier alpha value is -1.43. The molecule has 0 heterocycles. The van der Waals surface area contributed by atoms with Crippen molar-refractivity contribution in [2.24, 2.45) is 11.7 Å². The van der Waals surface area contributed by atoms with Crippen LogP contribution < -0.4 is 15.2 Å². The van der Waals surface area contributed by atoms with Crippen LogP contribution in [0.25, 0.3) is 0 Å². The number of nitrogens with two attached hydrogens (primary N) is 1. The maximum absolute atomic E-state index is 10.4. The predicted octanol–water partition coefficient (Wildman–Crippen LogP) is 2.71. The summed E-state index contributed by atoms with van der Waals surface area (Å²) in [6.45, 7) is 1.13. The Kier molecular flexibility index (Phi) is 4.90. The molecule has 1 aliphatic rings. The number of carbonyl (C=O) groups excluding carboxylic acids is 1. The average Bonchev–Trinajstić information content (AvgIpc) is 3.15. The third kappa shape index (κ3) is 5.38. The molecule has 0 spiro atoms. The number of ether oxygens (including phenoxy) is 3. The highest BCUT2D eigenvalue weighted by atomic mass is 79.9. The molecule has 1 saturated carbocycles. The first-order valence-corrected chi connectivity index (χ1v) is 6.91. The maximum Gasteiger partial charge on any atom is 0.404 e. The molecule has 0 unspecified atom stereocenters. The molecule has 1 fully saturated rings. The molecule has 19 heavy (non-hydrogen) atoms. The van der Waals surface area contributed by atoms with Crippen LogP contribution in [0.2, 0.25) is 0 Å². The van der Waals surface area contributed by atoms with E-state index in [9.17, 15) is 4.79 Å². The van der Waals surface area contributed by atoms with Gasteiger partial charge in [-0.3, -0.25) is 0 Å². The van der Waals surface area contributed by atoms with E-state index >= 15 is 0 Å². The van der Waals surface area contributed by atoms with Crippen molar-refractivity contribution in [3.8, 4) is 11.5 Å². The van der Waals surface area contributed by atoms with Crippen LogP contribution in [0.15, 0.2) is 22.7 Å². The summed E-state index contributed by atoms with van der Waals surface area (Å²) in [5.41, 5.74) is 4.85. The van der Waals surface area contributed by atoms with Crippen molar-refractivity contribution in [1.82, 2.24) is 0 Å². The molecule has 0 atom stereocenters. The van der Waals surface area contributed by atoms with Crippen molar-refractivity contribution < 1.29 is 19.0 Å². The lowest BCUT2D eigenvalue weighted by Crippen LogP contribution is -2.17. The van der Waals surface area contributed by atoms with Crippen molar-refractivity contribution in [3.63, 3.8) is 0 Å². The van der Waals surface area contributed by atoms with Crippen molar-refractivity contribution in [3.05, 3.63) is 22.7 Å². The number of halogens is 1. The molecule has 0 saturated heterocycles. The highest BCUT2D eigenvalue weighted by Gasteiger charge is 2.22. The van der Waals surface area contributed by atoms with Gasteiger partial charge >= 0.3 is 6.09 Å². The quantitative estimate of drug-likeness (QED) is 0.781. The van der Waals surface area contributed by atoms with Crippen LogP contribution in [0.4, 0.5) is 4.79 Å². The lowest BCUT2D eigenvalue weighted by Gasteiger charge is -2.10. The Morgan fingerprint density at radius 3 is 2.53 bits per heavy atom. The number of hydrogen-bond donors (Lipinski definition) is 1. The van der Waals surface area contributed by atoms with Crippen LogP contribution in [-0.4, -0.2) is 25.9 Å². The van der Waals surface area contributed by atoms with Gasteiger partial charge in [0.1, 0.15) is 24.7 Å². The SMILES string of the molecule is NC(=O)OCCOc1cc(Br)cc(OCC2CC2)c1. The molecular formula is C13H16BrNO4. The van der Waals surface area contributed by atoms with Crippen LogP contribution >= 0.6 is 15.9 Å². The van der Waals surface area contributed by atoms with Crippen LogP contribution in [0, 0.1) is 5.92 Å². The summed E-state index contributed by atoms with van der Waals surface area (Å²) in [5, 5.41) is 0. The Morgan fingerprint density at radius 2 is 1.89 bits per heavy atom. The van der Waals surface area contributed by atoms with Gasteiger partial charge in [0.25, 0.3) is 0 Å². The molecule has 0 aromatic heterocycles. The average molecular weight is 330 g/mol. The second-order valence-corrected chi connectivity index (χ2v) is 5.31. The first kappa shape index (κ1) is 14.0. The molecular weight excluding hydrogens is 314 g/mol. The number of hydrogen-bond acceptors (Lipinski definition) is 4. The first-order valence-electron chi connectivity index (χ1n) is 6.12. The van der Waals surface area contributed by atoms with Crippen LogP contribution in [-0.2, 0) is 4.74 Å². The van der Waals surface area contributed by atoms with E-state index in [1.54, 1.807) is 0 Å². The van der Waals surface area contributed by atoms with Gasteiger partial charge in [0.05, 0.1) is 6.61 Å². The molecule has 104 valence electrons. The molecule has 1 aromatic carbocycles. The minimum Gasteiger partial charge on any atom is -0.493 e. The highest BCUT2D eigenvalue weighted by molar-refractivity contribution is 9.10. The van der Waals surface area contributed by atoms with Gasteiger partial charge in [0.15, 0.2) is 0 Å². The summed E-state index contributed by atoms with van der Waals surface area (Å²) in [7, 11) is 0. The summed E-state index contributed by atoms with van der Waals surface area (Å²) in [6, 6.07) is 5.54. The zero-order valence-electron chi connectivity index (χ0n) is 10.4. The minimum atomic E-state index is -0.800. The zero-order valence-corrected chi connectivity index (χ0v) is 12.0. The van der Waals surface area contributed by atoms with Crippen molar-refractivity contribution in [2.75, 3.05) is 19.8 Å². The summed E-state index contributed by atoms with van der Waals surface area (Å²) in [5.74, 6) is 2.13. The lowest BCUT2D eigenvalue weighted by molar-refractivity contribution is 0.133. The molecule has 0 aliphatic heterocycles. The Balaban J connectivity index is 1.82. The van der Waals surface area contributed by atoms with Crippen molar-refractivity contribution >= 4 is 22.0 Å². The van der Waals surface area contributed by atoms with Crippen molar-refractivity contribution in [2.45, 2.75) is 12.8 Å². The van der Waals surface area contributed by atoms with E-state index in [4.69, 9.17) is 15.2 Å². The number of primary amides is 1. The molecule has 1 amide bonds. The Morgan fingerprint density at radius 1 is 1.21 bits per heavy atom. The second kappa shape index (κ2) is 6.65. The third-order valence-corrected chi connectivity index (χ3v) is 3.08. The van der Waals surface area contributed by atoms with E-state index < -0.39 is 6.09 Å². The smallest absolute Gasteiger partial charge is 0.404 e. The summed E-state index contributed by atoms with van der Waals surface area (Å²) >= 11 is 3.40. The van der Waals surface area contributed by atoms with E-state index in [0.717, 1.165) is 16.8 Å². The van der Waals surface area contributed by atoms with Crippen LogP contribution in [0.1, 0.15) is 12.8 Å². The normalized spacial score (nSPS) is 13.9. The van der Waals surface area contributed by atoms with Crippen molar-refractivity contribution in [1.29, 1.82) is 0 Å². The maximum atomic E-state index is 10.4. The van der Waals surface area contributed by atoms with Gasteiger partial charge < -0.3 is 19.9 Å². The summed E-state index contributed by atoms with van der Waals surface area (Å²) < 4.78 is 16.6. The van der Waals surface area contributed by atoms with Crippen LogP contribution in [0.3, 0.4) is 0 Å². The molecule has 2 rings (SSSR count). The topological polar surface area (TPSA) is 70.8 Å². The van der Waals surface area contributed by atoms with Crippen LogP contribution in [0.5, 0.6) is 11.5 Å². The molecule has 0 radical (unpaired) electrons. The summed E-state index contributed by atoms with van der Waals surface area (Å²) in [6.07, 6.45) is 1.70. The minimum absolute atomic E-state index is 0.125. The number of rotatable bonds is 7. The van der Waals surface area contributed by atoms with E-state index in [1.165, 1.54) is 12.8 Å². The Labute approximate surface area is 120 Å². The molecule has 5 nitrogen and oxygen atoms in total. The van der Waals surface area contributed by atoms with E-state index in [-0.39, 0.29) is 13.2 Å². The van der Waals surface area contributed by atoms with Gasteiger partial charge in [-0.05, 0) is 30.9 Å². The summed E-state index contributed by atoms with van der Waals surface area (Å²) in [4.78, 5) is 10.4. The van der Waals surface area contributed by atoms with E-state index in [0.29, 0.717) is 11.7 Å². The Bertz CT molecular complexity index is 448. The first-order chi connectivity index (χ1) is 9.13. The fourth-order valence-corrected chi connectivity index (χ4v) is 1.96. The van der Waals surface area contributed by atoms with Gasteiger partial charge in [-0.25, -0.2) is 4.79 Å². The highest BCUT2D eigenvalue weighted by Crippen LogP contribution is 2.31. The fraction of sp³-hybridized carbons (Fsp3) is 0.462. The van der Waals surface area contributed by atoms with Gasteiger partial charge in [0.2, 0.25) is 0 Å². The molecule has 2 N–H and O–H groups in total. The largest absolute Gasteiger partial charge is 0.493 e. The molecule has 1 aromatic rings. The number of amides is 1. The van der Waals surface area contributed by atoms with Gasteiger partial charge in [-0.1, -0.05) is 15.9 Å². The van der Waals surface area contributed by atoms with E-state index in [2.05, 4.69) is 20.7 Å². The predicted molar refractivity (Wildman–Crippen MR) is 73.4 cm³/mol. The number of carbonyl (C=O) groups is 1. The second-order valence-electron chi connectivity index (χ2n) is 4.39. The van der Waals surface area contributed by atoms with Gasteiger partial charge in [-0.15, -0.1) is 0 Å². The molecule has 1 aliphatic carbocycles. The van der Waals surface area contributed by atoms with Gasteiger partial charge in [0, 0.05) is 10.5 Å². The molecule has 0 bridgehead atoms. The molecule has 6 heteroatoms. The van der Waals surface area contributed by atoms with E-state index in [1.807, 2.05) is 18.2 Å². The zero-order chi connectivity index (χ0) is 13.7. The third-order valence-electron chi connectivity index (χ3n) is 2.62.